The molecule has 0 radical (unpaired) electrons. The first-order chi connectivity index (χ1) is 32.3. The highest BCUT2D eigenvalue weighted by Crippen LogP contribution is 2.42. The number of nitrogens with zero attached hydrogens (tertiary/aromatic N) is 4. The van der Waals surface area contributed by atoms with E-state index in [4.69, 9.17) is 47.9 Å². The Balaban J connectivity index is 0.952. The molecule has 2 aliphatic rings. The number of fused-ring (bicyclic) bond motifs is 2. The number of methoxy groups -OCH3 is 4. The van der Waals surface area contributed by atoms with Crippen molar-refractivity contribution in [3.05, 3.63) is 121 Å². The third-order valence-corrected chi connectivity index (χ3v) is 12.8. The summed E-state index contributed by atoms with van der Waals surface area (Å²) in [4.78, 5) is 42.6. The van der Waals surface area contributed by atoms with Gasteiger partial charge in [-0.25, -0.2) is 9.59 Å². The summed E-state index contributed by atoms with van der Waals surface area (Å²) in [6.45, 7) is 4.88. The number of likely N-dealkylation sites (tertiary alicyclic amines) is 2. The number of para-hydroxylation sites is 4. The summed E-state index contributed by atoms with van der Waals surface area (Å²) in [5.41, 5.74) is 0.913. The minimum absolute atomic E-state index is 0.452. The Bertz CT molecular complexity index is 2380. The van der Waals surface area contributed by atoms with Crippen LogP contribution in [0.1, 0.15) is 49.7 Å². The van der Waals surface area contributed by atoms with Crippen molar-refractivity contribution in [3.8, 4) is 34.5 Å². The Morgan fingerprint density at radius 2 is 0.879 bits per heavy atom. The number of aromatic nitrogens is 2. The Labute approximate surface area is 385 Å². The Kier molecular flexibility index (Phi) is 14.7. The molecule has 14 heteroatoms. The third-order valence-electron chi connectivity index (χ3n) is 12.8. The third kappa shape index (κ3) is 10.2. The Hall–Kier alpha value is -6.64. The van der Waals surface area contributed by atoms with Gasteiger partial charge in [-0.2, -0.15) is 0 Å². The molecule has 0 unspecified atom stereocenters. The maximum Gasteiger partial charge on any atom is 0.418 e. The van der Waals surface area contributed by atoms with Crippen molar-refractivity contribution in [1.29, 1.82) is 0 Å². The molecule has 4 heterocycles. The minimum atomic E-state index is -1.11. The van der Waals surface area contributed by atoms with E-state index < -0.39 is 23.1 Å². The van der Waals surface area contributed by atoms with Crippen molar-refractivity contribution in [2.24, 2.45) is 0 Å². The van der Waals surface area contributed by atoms with E-state index in [-0.39, 0.29) is 0 Å². The van der Waals surface area contributed by atoms with Crippen LogP contribution < -0.4 is 28.4 Å². The van der Waals surface area contributed by atoms with Gasteiger partial charge in [-0.15, -0.1) is 0 Å². The zero-order chi connectivity index (χ0) is 45.9. The van der Waals surface area contributed by atoms with Crippen LogP contribution in [-0.4, -0.2) is 113 Å². The normalized spacial score (nSPS) is 16.0. The molecule has 4 aromatic carbocycles. The summed E-state index contributed by atoms with van der Waals surface area (Å²) in [7, 11) is 6.41. The second-order valence-electron chi connectivity index (χ2n) is 16.7. The van der Waals surface area contributed by atoms with Gasteiger partial charge in [-0.3, -0.25) is 9.97 Å². The van der Waals surface area contributed by atoms with Gasteiger partial charge in [0.25, 0.3) is 0 Å². The molecule has 2 fully saturated rings. The maximum absolute atomic E-state index is 14.3. The van der Waals surface area contributed by atoms with Crippen LogP contribution in [0.3, 0.4) is 0 Å². The SMILES string of the molecule is COc1cccc(OC)c1OCCCN1CCC(OC(=O)C(=O)OC2(c3cnc4ccccc4c3)CCN(CCCOc3c(OC)cccc3OC)CC2)(c2cnc3ccccc3c2)CC1. The molecule has 0 amide bonds. The molecular weight excluding hydrogens is 841 g/mol. The molecule has 2 saturated heterocycles. The molecule has 0 atom stereocenters. The molecule has 346 valence electrons. The molecule has 66 heavy (non-hydrogen) atoms. The van der Waals surface area contributed by atoms with Crippen molar-refractivity contribution in [2.75, 3.05) is 80.9 Å². The smallest absolute Gasteiger partial charge is 0.418 e. The number of hydrogen-bond acceptors (Lipinski definition) is 14. The van der Waals surface area contributed by atoms with Crippen LogP contribution in [0.15, 0.2) is 109 Å². The highest BCUT2D eigenvalue weighted by atomic mass is 16.6. The first kappa shape index (κ1) is 45.9. The highest BCUT2D eigenvalue weighted by molar-refractivity contribution is 6.30. The maximum atomic E-state index is 14.3. The van der Waals surface area contributed by atoms with Gasteiger partial charge in [-0.1, -0.05) is 48.5 Å². The van der Waals surface area contributed by atoms with E-state index in [1.54, 1.807) is 40.8 Å². The van der Waals surface area contributed by atoms with Gasteiger partial charge in [0.2, 0.25) is 11.5 Å². The number of piperidine rings is 2. The Morgan fingerprint density at radius 3 is 1.24 bits per heavy atom. The van der Waals surface area contributed by atoms with Crippen molar-refractivity contribution < 1.29 is 47.5 Å². The van der Waals surface area contributed by atoms with Crippen LogP contribution in [0.2, 0.25) is 0 Å². The van der Waals surface area contributed by atoms with Gasteiger partial charge in [0.05, 0.1) is 52.7 Å². The molecule has 14 nitrogen and oxygen atoms in total. The molecule has 0 spiro atoms. The summed E-state index contributed by atoms with van der Waals surface area (Å²) >= 11 is 0. The van der Waals surface area contributed by atoms with E-state index in [2.05, 4.69) is 9.80 Å². The summed E-state index contributed by atoms with van der Waals surface area (Å²) in [5.74, 6) is 1.51. The Morgan fingerprint density at radius 1 is 0.515 bits per heavy atom. The van der Waals surface area contributed by atoms with Gasteiger partial charge in [0.1, 0.15) is 11.2 Å². The van der Waals surface area contributed by atoms with Crippen LogP contribution in [0.5, 0.6) is 34.5 Å². The van der Waals surface area contributed by atoms with E-state index in [0.717, 1.165) is 58.9 Å². The summed E-state index contributed by atoms with van der Waals surface area (Å²) in [6, 6.07) is 30.7. The first-order valence-electron chi connectivity index (χ1n) is 22.6. The molecule has 0 saturated carbocycles. The molecule has 0 N–H and O–H groups in total. The van der Waals surface area contributed by atoms with Crippen LogP contribution in [0.4, 0.5) is 0 Å². The van der Waals surface area contributed by atoms with Crippen molar-refractivity contribution in [3.63, 3.8) is 0 Å². The second kappa shape index (κ2) is 21.1. The number of carbonyl (C=O) groups excluding carboxylic acids is 2. The number of pyridine rings is 2. The van der Waals surface area contributed by atoms with Crippen molar-refractivity contribution in [2.45, 2.75) is 49.7 Å². The number of carbonyl (C=O) groups is 2. The lowest BCUT2D eigenvalue weighted by atomic mass is 9.84. The van der Waals surface area contributed by atoms with E-state index in [1.807, 2.05) is 97.1 Å². The highest BCUT2D eigenvalue weighted by Gasteiger charge is 2.46. The number of benzene rings is 4. The average molecular weight is 899 g/mol. The van der Waals surface area contributed by atoms with E-state index in [1.165, 1.54) is 0 Å². The topological polar surface area (TPSA) is 140 Å². The lowest BCUT2D eigenvalue weighted by Crippen LogP contribution is -2.49. The molecule has 2 aromatic heterocycles. The molecule has 6 aromatic rings. The summed E-state index contributed by atoms with van der Waals surface area (Å²) in [6.07, 6.45) is 6.83. The van der Waals surface area contributed by atoms with Crippen molar-refractivity contribution in [1.82, 2.24) is 19.8 Å². The molecule has 8 rings (SSSR count). The monoisotopic (exact) mass is 898 g/mol. The fourth-order valence-corrected chi connectivity index (χ4v) is 9.10. The van der Waals surface area contributed by atoms with Crippen LogP contribution in [0.25, 0.3) is 21.8 Å². The zero-order valence-electron chi connectivity index (χ0n) is 38.2. The lowest BCUT2D eigenvalue weighted by Gasteiger charge is -2.42. The van der Waals surface area contributed by atoms with Gasteiger partial charge in [0, 0.05) is 99.2 Å². The van der Waals surface area contributed by atoms with Crippen LogP contribution >= 0.6 is 0 Å². The van der Waals surface area contributed by atoms with Crippen molar-refractivity contribution >= 4 is 33.7 Å². The first-order valence-corrected chi connectivity index (χ1v) is 22.6. The van der Waals surface area contributed by atoms with Gasteiger partial charge < -0.3 is 47.7 Å². The number of rotatable bonds is 18. The average Bonchev–Trinajstić information content (AvgIpc) is 3.37. The fourth-order valence-electron chi connectivity index (χ4n) is 9.10. The largest absolute Gasteiger partial charge is 0.493 e. The second-order valence-corrected chi connectivity index (χ2v) is 16.7. The van der Waals surface area contributed by atoms with Gasteiger partial charge in [0.15, 0.2) is 23.0 Å². The summed E-state index contributed by atoms with van der Waals surface area (Å²) in [5, 5.41) is 1.83. The standard InChI is InChI=1S/C52H58N4O10/c1-59-43-17-9-18-44(60-2)47(43)63-31-11-25-55-27-21-51(22-28-55,39-33-37-13-5-7-15-41(37)53-35-39)65-49(57)50(58)66-52(40-34-38-14-6-8-16-42(38)54-36-40)23-29-56(30-24-52)26-12-32-64-48-45(61-3)19-10-20-46(48)62-4/h5-10,13-20,33-36H,11-12,21-32H2,1-4H3. The fraction of sp³-hybridized carbons (Fsp3) is 0.385. The van der Waals surface area contributed by atoms with E-state index >= 15 is 0 Å². The van der Waals surface area contributed by atoms with Crippen LogP contribution in [0, 0.1) is 0 Å². The molecular formula is C52H58N4O10. The predicted molar refractivity (Wildman–Crippen MR) is 250 cm³/mol. The van der Waals surface area contributed by atoms with Gasteiger partial charge >= 0.3 is 11.9 Å². The van der Waals surface area contributed by atoms with E-state index in [0.29, 0.717) is 99.6 Å². The molecule has 2 aliphatic heterocycles. The zero-order valence-corrected chi connectivity index (χ0v) is 38.2. The lowest BCUT2D eigenvalue weighted by molar-refractivity contribution is -0.193. The molecule has 0 aliphatic carbocycles. The number of hydrogen-bond donors (Lipinski definition) is 0. The number of esters is 2. The van der Waals surface area contributed by atoms with Crippen LogP contribution in [-0.2, 0) is 30.3 Å². The number of ether oxygens (including phenoxy) is 8. The predicted octanol–water partition coefficient (Wildman–Crippen LogP) is 8.12. The van der Waals surface area contributed by atoms with E-state index in [9.17, 15) is 9.59 Å². The minimum Gasteiger partial charge on any atom is -0.493 e. The van der Waals surface area contributed by atoms with Gasteiger partial charge in [-0.05, 0) is 61.4 Å². The summed E-state index contributed by atoms with van der Waals surface area (Å²) < 4.78 is 47.1. The quantitative estimate of drug-likeness (QED) is 0.0466. The molecule has 0 bridgehead atoms.